The van der Waals surface area contributed by atoms with Gasteiger partial charge in [-0.1, -0.05) is 26.2 Å². The Labute approximate surface area is 108 Å². The highest BCUT2D eigenvalue weighted by molar-refractivity contribution is 4.75. The summed E-state index contributed by atoms with van der Waals surface area (Å²) in [5.74, 6) is 0.819. The molecule has 1 aliphatic carbocycles. The van der Waals surface area contributed by atoms with E-state index in [9.17, 15) is 0 Å². The van der Waals surface area contributed by atoms with Crippen molar-refractivity contribution >= 4 is 0 Å². The molecule has 2 heteroatoms. The molecule has 0 aromatic carbocycles. The van der Waals surface area contributed by atoms with E-state index in [1.54, 1.807) is 0 Å². The monoisotopic (exact) mass is 241 g/mol. The van der Waals surface area contributed by atoms with Crippen molar-refractivity contribution in [1.82, 2.24) is 5.32 Å². The normalized spacial score (nSPS) is 26.1. The van der Waals surface area contributed by atoms with Crippen molar-refractivity contribution in [1.29, 1.82) is 0 Å². The lowest BCUT2D eigenvalue weighted by atomic mass is 9.85. The van der Waals surface area contributed by atoms with Crippen LogP contribution < -0.4 is 5.32 Å². The van der Waals surface area contributed by atoms with Crippen LogP contribution in [0.15, 0.2) is 0 Å². The minimum absolute atomic E-state index is 0.233. The van der Waals surface area contributed by atoms with Gasteiger partial charge >= 0.3 is 0 Å². The summed E-state index contributed by atoms with van der Waals surface area (Å²) in [4.78, 5) is 0. The molecule has 0 aromatic rings. The smallest absolute Gasteiger partial charge is 0.0603 e. The molecule has 0 saturated heterocycles. The molecule has 2 atom stereocenters. The van der Waals surface area contributed by atoms with Gasteiger partial charge in [-0.2, -0.15) is 0 Å². The maximum Gasteiger partial charge on any atom is 0.0603 e. The fourth-order valence-electron chi connectivity index (χ4n) is 2.63. The van der Waals surface area contributed by atoms with E-state index in [0.717, 1.165) is 25.5 Å². The van der Waals surface area contributed by atoms with Crippen LogP contribution in [-0.4, -0.2) is 24.8 Å². The standard InChI is InChI=1S/C15H31NO/c1-5-13-9-6-7-10-14(13)17-12-8-11-16-15(2,3)4/h13-14,16H,5-12H2,1-4H3. The Hall–Kier alpha value is -0.0800. The summed E-state index contributed by atoms with van der Waals surface area (Å²) in [7, 11) is 0. The Bertz CT molecular complexity index is 198. The molecule has 2 nitrogen and oxygen atoms in total. The van der Waals surface area contributed by atoms with Gasteiger partial charge < -0.3 is 10.1 Å². The third-order valence-corrected chi connectivity index (χ3v) is 3.67. The van der Waals surface area contributed by atoms with Crippen molar-refractivity contribution in [2.45, 2.75) is 77.9 Å². The molecule has 1 aliphatic rings. The summed E-state index contributed by atoms with van der Waals surface area (Å²) < 4.78 is 6.06. The number of hydrogen-bond acceptors (Lipinski definition) is 2. The first-order valence-corrected chi connectivity index (χ1v) is 7.39. The molecule has 17 heavy (non-hydrogen) atoms. The van der Waals surface area contributed by atoms with Crippen LogP contribution in [0.3, 0.4) is 0 Å². The average Bonchev–Trinajstić information content (AvgIpc) is 2.27. The second-order valence-electron chi connectivity index (χ2n) is 6.39. The first kappa shape index (κ1) is 15.0. The topological polar surface area (TPSA) is 21.3 Å². The highest BCUT2D eigenvalue weighted by Crippen LogP contribution is 2.29. The summed E-state index contributed by atoms with van der Waals surface area (Å²) >= 11 is 0. The molecule has 0 radical (unpaired) electrons. The summed E-state index contributed by atoms with van der Waals surface area (Å²) in [6.07, 6.45) is 8.39. The van der Waals surface area contributed by atoms with E-state index < -0.39 is 0 Å². The van der Waals surface area contributed by atoms with Gasteiger partial charge in [0, 0.05) is 12.1 Å². The fourth-order valence-corrected chi connectivity index (χ4v) is 2.63. The lowest BCUT2D eigenvalue weighted by Crippen LogP contribution is -2.37. The molecular formula is C15H31NO. The molecule has 1 saturated carbocycles. The molecule has 102 valence electrons. The summed E-state index contributed by atoms with van der Waals surface area (Å²) in [5.41, 5.74) is 0.233. The van der Waals surface area contributed by atoms with Crippen LogP contribution >= 0.6 is 0 Å². The fraction of sp³-hybridized carbons (Fsp3) is 1.00. The first-order valence-electron chi connectivity index (χ1n) is 7.39. The second-order valence-corrected chi connectivity index (χ2v) is 6.39. The predicted molar refractivity (Wildman–Crippen MR) is 74.4 cm³/mol. The van der Waals surface area contributed by atoms with Crippen LogP contribution in [-0.2, 0) is 4.74 Å². The van der Waals surface area contributed by atoms with E-state index in [4.69, 9.17) is 4.74 Å². The van der Waals surface area contributed by atoms with Gasteiger partial charge in [-0.05, 0) is 52.5 Å². The summed E-state index contributed by atoms with van der Waals surface area (Å²) in [6, 6.07) is 0. The van der Waals surface area contributed by atoms with Crippen molar-refractivity contribution in [2.24, 2.45) is 5.92 Å². The van der Waals surface area contributed by atoms with E-state index in [1.165, 1.54) is 32.1 Å². The van der Waals surface area contributed by atoms with Gasteiger partial charge in [0.05, 0.1) is 6.10 Å². The van der Waals surface area contributed by atoms with Gasteiger partial charge in [0.1, 0.15) is 0 Å². The first-order chi connectivity index (χ1) is 8.03. The lowest BCUT2D eigenvalue weighted by Gasteiger charge is -2.31. The largest absolute Gasteiger partial charge is 0.378 e. The van der Waals surface area contributed by atoms with Gasteiger partial charge in [-0.15, -0.1) is 0 Å². The van der Waals surface area contributed by atoms with E-state index in [0.29, 0.717) is 6.10 Å². The van der Waals surface area contributed by atoms with Crippen molar-refractivity contribution in [3.05, 3.63) is 0 Å². The zero-order valence-corrected chi connectivity index (χ0v) is 12.2. The molecule has 1 fully saturated rings. The van der Waals surface area contributed by atoms with Crippen molar-refractivity contribution in [2.75, 3.05) is 13.2 Å². The number of rotatable bonds is 6. The summed E-state index contributed by atoms with van der Waals surface area (Å²) in [6.45, 7) is 10.9. The molecule has 0 spiro atoms. The Morgan fingerprint density at radius 3 is 2.53 bits per heavy atom. The Morgan fingerprint density at radius 2 is 1.88 bits per heavy atom. The van der Waals surface area contributed by atoms with E-state index in [1.807, 2.05) is 0 Å². The third kappa shape index (κ3) is 6.42. The Kier molecular flexibility index (Phi) is 6.50. The van der Waals surface area contributed by atoms with E-state index >= 15 is 0 Å². The minimum Gasteiger partial charge on any atom is -0.378 e. The van der Waals surface area contributed by atoms with Gasteiger partial charge in [0.25, 0.3) is 0 Å². The molecule has 0 aliphatic heterocycles. The van der Waals surface area contributed by atoms with Crippen LogP contribution in [0.25, 0.3) is 0 Å². The molecule has 0 bridgehead atoms. The highest BCUT2D eigenvalue weighted by atomic mass is 16.5. The maximum atomic E-state index is 6.06. The predicted octanol–water partition coefficient (Wildman–Crippen LogP) is 3.75. The van der Waals surface area contributed by atoms with Crippen LogP contribution in [0.1, 0.15) is 66.2 Å². The quantitative estimate of drug-likeness (QED) is 0.715. The molecule has 2 unspecified atom stereocenters. The van der Waals surface area contributed by atoms with Gasteiger partial charge in [0.2, 0.25) is 0 Å². The van der Waals surface area contributed by atoms with Gasteiger partial charge in [-0.25, -0.2) is 0 Å². The van der Waals surface area contributed by atoms with Crippen molar-refractivity contribution in [3.63, 3.8) is 0 Å². The van der Waals surface area contributed by atoms with Crippen LogP contribution in [0.4, 0.5) is 0 Å². The SMILES string of the molecule is CCC1CCCCC1OCCCNC(C)(C)C. The summed E-state index contributed by atoms with van der Waals surface area (Å²) in [5, 5.41) is 3.50. The third-order valence-electron chi connectivity index (χ3n) is 3.67. The van der Waals surface area contributed by atoms with Gasteiger partial charge in [-0.3, -0.25) is 0 Å². The minimum atomic E-state index is 0.233. The average molecular weight is 241 g/mol. The van der Waals surface area contributed by atoms with Crippen LogP contribution in [0, 0.1) is 5.92 Å². The number of nitrogens with one attached hydrogen (secondary N) is 1. The zero-order valence-electron chi connectivity index (χ0n) is 12.2. The number of hydrogen-bond donors (Lipinski definition) is 1. The molecular weight excluding hydrogens is 210 g/mol. The second kappa shape index (κ2) is 7.38. The van der Waals surface area contributed by atoms with Crippen molar-refractivity contribution < 1.29 is 4.74 Å². The molecule has 1 rings (SSSR count). The zero-order chi connectivity index (χ0) is 12.7. The lowest BCUT2D eigenvalue weighted by molar-refractivity contribution is -0.0130. The van der Waals surface area contributed by atoms with E-state index in [2.05, 4.69) is 33.0 Å². The molecule has 0 heterocycles. The van der Waals surface area contributed by atoms with Crippen LogP contribution in [0.5, 0.6) is 0 Å². The Morgan fingerprint density at radius 1 is 1.18 bits per heavy atom. The molecule has 0 aromatic heterocycles. The molecule has 1 N–H and O–H groups in total. The van der Waals surface area contributed by atoms with E-state index in [-0.39, 0.29) is 5.54 Å². The maximum absolute atomic E-state index is 6.06. The van der Waals surface area contributed by atoms with Crippen molar-refractivity contribution in [3.8, 4) is 0 Å². The molecule has 0 amide bonds. The number of ether oxygens (including phenoxy) is 1. The van der Waals surface area contributed by atoms with Gasteiger partial charge in [0.15, 0.2) is 0 Å². The highest BCUT2D eigenvalue weighted by Gasteiger charge is 2.23. The van der Waals surface area contributed by atoms with Crippen LogP contribution in [0.2, 0.25) is 0 Å². The Balaban J connectivity index is 2.08.